The largest absolute Gasteiger partial charge is 0.328 e. The summed E-state index contributed by atoms with van der Waals surface area (Å²) in [6, 6.07) is 16.8. The minimum Gasteiger partial charge on any atom is -0.328 e. The van der Waals surface area contributed by atoms with E-state index in [4.69, 9.17) is 0 Å². The molecule has 2 N–H and O–H groups in total. The first-order valence-corrected chi connectivity index (χ1v) is 8.92. The van der Waals surface area contributed by atoms with Gasteiger partial charge in [-0.3, -0.25) is 4.79 Å². The number of halogens is 1. The van der Waals surface area contributed by atoms with Gasteiger partial charge >= 0.3 is 0 Å². The molecule has 130 valence electrons. The summed E-state index contributed by atoms with van der Waals surface area (Å²) in [6.07, 6.45) is 1.48. The third-order valence-electron chi connectivity index (χ3n) is 4.27. The zero-order chi connectivity index (χ0) is 18.1. The molecule has 0 unspecified atom stereocenters. The molecule has 1 aromatic heterocycles. The summed E-state index contributed by atoms with van der Waals surface area (Å²) < 4.78 is 2.64. The van der Waals surface area contributed by atoms with E-state index in [-0.39, 0.29) is 11.9 Å². The number of allylic oxidation sites excluding steroid dienone is 1. The number of hydrogen-bond acceptors (Lipinski definition) is 4. The van der Waals surface area contributed by atoms with Crippen LogP contribution in [0.4, 0.5) is 11.6 Å². The van der Waals surface area contributed by atoms with Crippen LogP contribution in [0.2, 0.25) is 0 Å². The Bertz CT molecular complexity index is 996. The third kappa shape index (κ3) is 2.90. The number of fused-ring (bicyclic) bond motifs is 1. The fourth-order valence-electron chi connectivity index (χ4n) is 3.09. The van der Waals surface area contributed by atoms with Gasteiger partial charge in [-0.1, -0.05) is 52.3 Å². The van der Waals surface area contributed by atoms with E-state index < -0.39 is 0 Å². The number of amides is 1. The number of anilines is 2. The maximum Gasteiger partial charge on any atom is 0.255 e. The lowest BCUT2D eigenvalue weighted by atomic mass is 9.95. The minimum absolute atomic E-state index is 0.178. The molecule has 0 fully saturated rings. The number of hydrogen-bond donors (Lipinski definition) is 2. The molecular weight excluding hydrogens is 394 g/mol. The minimum atomic E-state index is -0.381. The Labute approximate surface area is 159 Å². The first-order valence-electron chi connectivity index (χ1n) is 8.13. The van der Waals surface area contributed by atoms with Crippen LogP contribution in [0, 0.1) is 0 Å². The molecule has 0 saturated heterocycles. The molecule has 1 amide bonds. The SMILES string of the molecule is CC1=C(C(=O)Nc2ccccc2)[C@H](c2ccccc2Br)n2ncnc2N1. The van der Waals surface area contributed by atoms with Crippen LogP contribution < -0.4 is 10.6 Å². The molecule has 0 aliphatic carbocycles. The highest BCUT2D eigenvalue weighted by atomic mass is 79.9. The van der Waals surface area contributed by atoms with E-state index >= 15 is 0 Å². The predicted octanol–water partition coefficient (Wildman–Crippen LogP) is 3.97. The normalized spacial score (nSPS) is 16.0. The second-order valence-electron chi connectivity index (χ2n) is 5.94. The van der Waals surface area contributed by atoms with Gasteiger partial charge in [0, 0.05) is 15.9 Å². The molecule has 0 radical (unpaired) electrons. The second kappa shape index (κ2) is 6.76. The third-order valence-corrected chi connectivity index (χ3v) is 4.99. The van der Waals surface area contributed by atoms with Crippen LogP contribution in [0.3, 0.4) is 0 Å². The molecule has 26 heavy (non-hydrogen) atoms. The standard InChI is InChI=1S/C19H16BrN5O/c1-12-16(18(26)24-13-7-3-2-4-8-13)17(14-9-5-6-10-15(14)20)25-19(23-12)21-11-22-25/h2-11,17H,1H3,(H,24,26)(H,21,22,23)/t17-/m0/s1. The van der Waals surface area contributed by atoms with E-state index in [0.717, 1.165) is 21.4 Å². The van der Waals surface area contributed by atoms with Gasteiger partial charge in [0.2, 0.25) is 5.95 Å². The lowest BCUT2D eigenvalue weighted by molar-refractivity contribution is -0.113. The van der Waals surface area contributed by atoms with Crippen molar-refractivity contribution in [3.63, 3.8) is 0 Å². The van der Waals surface area contributed by atoms with Gasteiger partial charge in [0.1, 0.15) is 12.4 Å². The monoisotopic (exact) mass is 409 g/mol. The zero-order valence-corrected chi connectivity index (χ0v) is 15.6. The second-order valence-corrected chi connectivity index (χ2v) is 6.79. The molecule has 0 bridgehead atoms. The van der Waals surface area contributed by atoms with Crippen molar-refractivity contribution in [2.75, 3.05) is 10.6 Å². The van der Waals surface area contributed by atoms with Gasteiger partial charge in [0.15, 0.2) is 0 Å². The van der Waals surface area contributed by atoms with Crippen LogP contribution in [-0.2, 0) is 4.79 Å². The molecule has 4 rings (SSSR count). The highest BCUT2D eigenvalue weighted by Gasteiger charge is 2.34. The molecule has 1 atom stereocenters. The molecular formula is C19H16BrN5O. The average molecular weight is 410 g/mol. The Kier molecular flexibility index (Phi) is 4.30. The Hall–Kier alpha value is -2.93. The van der Waals surface area contributed by atoms with Gasteiger partial charge < -0.3 is 10.6 Å². The van der Waals surface area contributed by atoms with Crippen LogP contribution >= 0.6 is 15.9 Å². The zero-order valence-electron chi connectivity index (χ0n) is 14.0. The molecule has 1 aliphatic heterocycles. The van der Waals surface area contributed by atoms with Crippen molar-refractivity contribution in [2.45, 2.75) is 13.0 Å². The first-order chi connectivity index (χ1) is 12.6. The smallest absolute Gasteiger partial charge is 0.255 e. The number of nitrogens with zero attached hydrogens (tertiary/aromatic N) is 3. The number of rotatable bonds is 3. The molecule has 1 aliphatic rings. The van der Waals surface area contributed by atoms with E-state index in [2.05, 4.69) is 36.6 Å². The summed E-state index contributed by atoms with van der Waals surface area (Å²) >= 11 is 3.60. The Balaban J connectivity index is 1.80. The number of aromatic nitrogens is 3. The Morgan fingerprint density at radius 1 is 1.15 bits per heavy atom. The summed E-state index contributed by atoms with van der Waals surface area (Å²) in [5.74, 6) is 0.433. The fraction of sp³-hybridized carbons (Fsp3) is 0.105. The lowest BCUT2D eigenvalue weighted by Crippen LogP contribution is -2.31. The molecule has 2 heterocycles. The predicted molar refractivity (Wildman–Crippen MR) is 104 cm³/mol. The molecule has 3 aromatic rings. The van der Waals surface area contributed by atoms with Crippen molar-refractivity contribution < 1.29 is 4.79 Å². The van der Waals surface area contributed by atoms with Crippen LogP contribution in [0.25, 0.3) is 0 Å². The fourth-order valence-corrected chi connectivity index (χ4v) is 3.59. The van der Waals surface area contributed by atoms with Gasteiger partial charge in [-0.2, -0.15) is 10.1 Å². The van der Waals surface area contributed by atoms with Crippen LogP contribution in [0.5, 0.6) is 0 Å². The Morgan fingerprint density at radius 2 is 1.88 bits per heavy atom. The van der Waals surface area contributed by atoms with Crippen LogP contribution in [0.1, 0.15) is 18.5 Å². The maximum atomic E-state index is 13.1. The lowest BCUT2D eigenvalue weighted by Gasteiger charge is -2.29. The van der Waals surface area contributed by atoms with Crippen molar-refractivity contribution >= 4 is 33.5 Å². The van der Waals surface area contributed by atoms with E-state index in [1.54, 1.807) is 4.68 Å². The van der Waals surface area contributed by atoms with E-state index in [0.29, 0.717) is 11.5 Å². The number of carbonyl (C=O) groups is 1. The van der Waals surface area contributed by atoms with Gasteiger partial charge in [-0.05, 0) is 30.7 Å². The highest BCUT2D eigenvalue weighted by molar-refractivity contribution is 9.10. The number of carbonyl (C=O) groups excluding carboxylic acids is 1. The van der Waals surface area contributed by atoms with E-state index in [1.165, 1.54) is 6.33 Å². The topological polar surface area (TPSA) is 71.8 Å². The summed E-state index contributed by atoms with van der Waals surface area (Å²) in [6.45, 7) is 1.88. The molecule has 6 nitrogen and oxygen atoms in total. The molecule has 0 spiro atoms. The summed E-state index contributed by atoms with van der Waals surface area (Å²) in [5, 5.41) is 10.5. The molecule has 0 saturated carbocycles. The molecule has 7 heteroatoms. The van der Waals surface area contributed by atoms with Crippen molar-refractivity contribution in [3.8, 4) is 0 Å². The van der Waals surface area contributed by atoms with Gasteiger partial charge in [-0.15, -0.1) is 0 Å². The number of nitrogens with one attached hydrogen (secondary N) is 2. The summed E-state index contributed by atoms with van der Waals surface area (Å²) in [7, 11) is 0. The van der Waals surface area contributed by atoms with Crippen molar-refractivity contribution in [3.05, 3.63) is 82.2 Å². The first kappa shape index (κ1) is 16.5. The van der Waals surface area contributed by atoms with Crippen molar-refractivity contribution in [1.82, 2.24) is 14.8 Å². The quantitative estimate of drug-likeness (QED) is 0.686. The van der Waals surface area contributed by atoms with Gasteiger partial charge in [0.25, 0.3) is 5.91 Å². The summed E-state index contributed by atoms with van der Waals surface area (Å²) in [5.41, 5.74) is 3.03. The van der Waals surface area contributed by atoms with Crippen LogP contribution in [-0.4, -0.2) is 20.7 Å². The Morgan fingerprint density at radius 3 is 2.65 bits per heavy atom. The average Bonchev–Trinajstić information content (AvgIpc) is 3.10. The summed E-state index contributed by atoms with van der Waals surface area (Å²) in [4.78, 5) is 17.4. The van der Waals surface area contributed by atoms with Crippen molar-refractivity contribution in [2.24, 2.45) is 0 Å². The molecule has 2 aromatic carbocycles. The van der Waals surface area contributed by atoms with E-state index in [1.807, 2.05) is 61.5 Å². The highest BCUT2D eigenvalue weighted by Crippen LogP contribution is 2.38. The van der Waals surface area contributed by atoms with Gasteiger partial charge in [0.05, 0.1) is 5.57 Å². The number of para-hydroxylation sites is 1. The van der Waals surface area contributed by atoms with Crippen molar-refractivity contribution in [1.29, 1.82) is 0 Å². The number of benzene rings is 2. The van der Waals surface area contributed by atoms with E-state index in [9.17, 15) is 4.79 Å². The maximum absolute atomic E-state index is 13.1. The van der Waals surface area contributed by atoms with Crippen LogP contribution in [0.15, 0.2) is 76.7 Å². The van der Waals surface area contributed by atoms with Gasteiger partial charge in [-0.25, -0.2) is 4.68 Å².